The zero-order valence-corrected chi connectivity index (χ0v) is 9.19. The van der Waals surface area contributed by atoms with Gasteiger partial charge >= 0.3 is 0 Å². The van der Waals surface area contributed by atoms with Gasteiger partial charge in [-0.3, -0.25) is 0 Å². The molecule has 13 heavy (non-hydrogen) atoms. The second-order valence-corrected chi connectivity index (χ2v) is 5.58. The van der Waals surface area contributed by atoms with E-state index < -0.39 is 20.3 Å². The van der Waals surface area contributed by atoms with Gasteiger partial charge in [0.05, 0.1) is 0 Å². The minimum absolute atomic E-state index is 0.143. The van der Waals surface area contributed by atoms with Crippen LogP contribution >= 0.6 is 11.6 Å². The van der Waals surface area contributed by atoms with E-state index in [-0.39, 0.29) is 5.75 Å². The van der Waals surface area contributed by atoms with Crippen molar-refractivity contribution in [2.75, 3.05) is 19.0 Å². The molecule has 1 saturated heterocycles. The molecule has 0 aromatic rings. The van der Waals surface area contributed by atoms with Gasteiger partial charge in [0.2, 0.25) is 5.79 Å². The van der Waals surface area contributed by atoms with Crippen LogP contribution in [0.2, 0.25) is 0 Å². The Morgan fingerprint density at radius 2 is 1.85 bits per heavy atom. The Bertz CT molecular complexity index is 268. The molecule has 0 N–H and O–H groups in total. The van der Waals surface area contributed by atoms with Crippen molar-refractivity contribution in [2.45, 2.75) is 24.3 Å². The van der Waals surface area contributed by atoms with Crippen LogP contribution in [-0.4, -0.2) is 37.9 Å². The van der Waals surface area contributed by atoms with E-state index in [4.69, 9.17) is 21.1 Å². The topological polar surface area (TPSA) is 52.6 Å². The van der Waals surface area contributed by atoms with Crippen LogP contribution in [-0.2, 0) is 19.3 Å². The summed E-state index contributed by atoms with van der Waals surface area (Å²) in [6.07, 6.45) is 0. The molecular formula is C7H13ClO4S. The highest BCUT2D eigenvalue weighted by Crippen LogP contribution is 2.39. The Hall–Kier alpha value is 0.160. The molecule has 0 aromatic carbocycles. The molecule has 1 fully saturated rings. The zero-order chi connectivity index (χ0) is 10.1. The third kappa shape index (κ3) is 1.83. The summed E-state index contributed by atoms with van der Waals surface area (Å²) in [5.74, 6) is -1.25. The van der Waals surface area contributed by atoms with Crippen molar-refractivity contribution in [3.05, 3.63) is 0 Å². The van der Waals surface area contributed by atoms with E-state index in [2.05, 4.69) is 0 Å². The van der Waals surface area contributed by atoms with Gasteiger partial charge in [0.25, 0.3) is 0 Å². The predicted octanol–water partition coefficient (Wildman–Crippen LogP) is 0.749. The summed E-state index contributed by atoms with van der Waals surface area (Å²) in [5.41, 5.74) is 0. The molecule has 1 atom stereocenters. The quantitative estimate of drug-likeness (QED) is 0.526. The Balaban J connectivity index is 2.74. The van der Waals surface area contributed by atoms with Crippen molar-refractivity contribution in [2.24, 2.45) is 0 Å². The fourth-order valence-electron chi connectivity index (χ4n) is 1.34. The van der Waals surface area contributed by atoms with E-state index in [0.717, 1.165) is 0 Å². The standard InChI is InChI=1S/C7H13ClO4S/c1-3-11-7(12-4-2)5-13(9,10)6(7)8/h6H,3-5H2,1-2H3. The minimum atomic E-state index is -3.20. The van der Waals surface area contributed by atoms with Gasteiger partial charge in [0, 0.05) is 13.2 Å². The highest BCUT2D eigenvalue weighted by atomic mass is 35.5. The maximum absolute atomic E-state index is 11.1. The molecule has 0 spiro atoms. The molecule has 0 radical (unpaired) electrons. The number of hydrogen-bond acceptors (Lipinski definition) is 4. The molecule has 1 heterocycles. The molecule has 0 bridgehead atoms. The van der Waals surface area contributed by atoms with E-state index in [0.29, 0.717) is 13.2 Å². The summed E-state index contributed by atoms with van der Waals surface area (Å²) < 4.78 is 31.6. The first-order valence-electron chi connectivity index (χ1n) is 4.12. The number of sulfone groups is 1. The summed E-state index contributed by atoms with van der Waals surface area (Å²) in [6.45, 7) is 4.32. The van der Waals surface area contributed by atoms with Crippen molar-refractivity contribution in [3.63, 3.8) is 0 Å². The molecule has 1 aliphatic heterocycles. The lowest BCUT2D eigenvalue weighted by atomic mass is 10.3. The maximum Gasteiger partial charge on any atom is 0.213 e. The predicted molar refractivity (Wildman–Crippen MR) is 49.4 cm³/mol. The van der Waals surface area contributed by atoms with Gasteiger partial charge in [-0.15, -0.1) is 0 Å². The van der Waals surface area contributed by atoms with Crippen molar-refractivity contribution in [1.82, 2.24) is 0 Å². The second-order valence-electron chi connectivity index (χ2n) is 2.80. The van der Waals surface area contributed by atoms with Gasteiger partial charge in [-0.05, 0) is 13.8 Å². The van der Waals surface area contributed by atoms with Gasteiger partial charge in [-0.25, -0.2) is 8.42 Å². The first-order chi connectivity index (χ1) is 5.98. The van der Waals surface area contributed by atoms with Gasteiger partial charge in [0.15, 0.2) is 14.5 Å². The third-order valence-corrected chi connectivity index (χ3v) is 4.78. The van der Waals surface area contributed by atoms with E-state index in [1.165, 1.54) is 0 Å². The fourth-order valence-corrected chi connectivity index (χ4v) is 3.33. The van der Waals surface area contributed by atoms with Crippen LogP contribution in [0.1, 0.15) is 13.8 Å². The van der Waals surface area contributed by atoms with E-state index in [9.17, 15) is 8.42 Å². The summed E-state index contributed by atoms with van der Waals surface area (Å²) in [7, 11) is -3.20. The van der Waals surface area contributed by atoms with Crippen molar-refractivity contribution < 1.29 is 17.9 Å². The molecule has 1 aliphatic rings. The monoisotopic (exact) mass is 228 g/mol. The summed E-state index contributed by atoms with van der Waals surface area (Å²) >= 11 is 5.68. The van der Waals surface area contributed by atoms with E-state index >= 15 is 0 Å². The first kappa shape index (κ1) is 11.2. The average molecular weight is 229 g/mol. The molecule has 0 saturated carbocycles. The SMILES string of the molecule is CCOC1(OCC)CS(=O)(=O)C1Cl. The van der Waals surface area contributed by atoms with Crippen LogP contribution in [0.4, 0.5) is 0 Å². The normalized spacial score (nSPS) is 29.6. The lowest BCUT2D eigenvalue weighted by Gasteiger charge is -2.43. The van der Waals surface area contributed by atoms with Crippen LogP contribution in [0.15, 0.2) is 0 Å². The van der Waals surface area contributed by atoms with E-state index in [1.807, 2.05) is 0 Å². The smallest absolute Gasteiger partial charge is 0.213 e. The number of ether oxygens (including phenoxy) is 2. The highest BCUT2D eigenvalue weighted by Gasteiger charge is 2.60. The zero-order valence-electron chi connectivity index (χ0n) is 7.62. The second kappa shape index (κ2) is 3.73. The lowest BCUT2D eigenvalue weighted by molar-refractivity contribution is -0.218. The Morgan fingerprint density at radius 1 is 1.38 bits per heavy atom. The molecule has 0 amide bonds. The van der Waals surface area contributed by atoms with Crippen LogP contribution in [0.25, 0.3) is 0 Å². The molecule has 0 aliphatic carbocycles. The number of alkyl halides is 1. The fraction of sp³-hybridized carbons (Fsp3) is 1.00. The van der Waals surface area contributed by atoms with E-state index in [1.54, 1.807) is 13.8 Å². The van der Waals surface area contributed by atoms with Gasteiger partial charge in [-0.2, -0.15) is 0 Å². The molecular weight excluding hydrogens is 216 g/mol. The number of halogens is 1. The van der Waals surface area contributed by atoms with Gasteiger partial charge < -0.3 is 9.47 Å². The largest absolute Gasteiger partial charge is 0.347 e. The summed E-state index contributed by atoms with van der Waals surface area (Å²) in [4.78, 5) is 0. The Morgan fingerprint density at radius 3 is 2.08 bits per heavy atom. The average Bonchev–Trinajstić information content (AvgIpc) is 2.04. The summed E-state index contributed by atoms with van der Waals surface area (Å²) in [5, 5.41) is 0. The molecule has 0 aromatic heterocycles. The van der Waals surface area contributed by atoms with Crippen molar-refractivity contribution in [3.8, 4) is 0 Å². The lowest BCUT2D eigenvalue weighted by Crippen LogP contribution is -2.63. The number of hydrogen-bond donors (Lipinski definition) is 0. The molecule has 4 nitrogen and oxygen atoms in total. The van der Waals surface area contributed by atoms with Crippen LogP contribution < -0.4 is 0 Å². The highest BCUT2D eigenvalue weighted by molar-refractivity contribution is 7.95. The first-order valence-corrected chi connectivity index (χ1v) is 6.27. The van der Waals surface area contributed by atoms with Gasteiger partial charge in [0.1, 0.15) is 5.75 Å². The minimum Gasteiger partial charge on any atom is -0.347 e. The summed E-state index contributed by atoms with van der Waals surface area (Å²) in [6, 6.07) is 0. The van der Waals surface area contributed by atoms with Crippen LogP contribution in [0.5, 0.6) is 0 Å². The third-order valence-electron chi connectivity index (χ3n) is 1.84. The Kier molecular flexibility index (Phi) is 3.22. The van der Waals surface area contributed by atoms with Crippen LogP contribution in [0.3, 0.4) is 0 Å². The molecule has 1 rings (SSSR count). The maximum atomic E-state index is 11.1. The van der Waals surface area contributed by atoms with Crippen molar-refractivity contribution >= 4 is 21.4 Å². The van der Waals surface area contributed by atoms with Crippen LogP contribution in [0, 0.1) is 0 Å². The Labute approximate surface area is 83.1 Å². The molecule has 6 heteroatoms. The van der Waals surface area contributed by atoms with Gasteiger partial charge in [-0.1, -0.05) is 11.6 Å². The van der Waals surface area contributed by atoms with Crippen molar-refractivity contribution in [1.29, 1.82) is 0 Å². The number of rotatable bonds is 4. The molecule has 78 valence electrons. The molecule has 1 unspecified atom stereocenters.